The Balaban J connectivity index is 2.18. The minimum atomic E-state index is -0.186. The summed E-state index contributed by atoms with van der Waals surface area (Å²) in [6, 6.07) is 7.25. The minimum Gasteiger partial charge on any atom is -0.469 e. The molecular weight excluding hydrogens is 256 g/mol. The molecule has 1 amide bonds. The fourth-order valence-electron chi connectivity index (χ4n) is 1.77. The largest absolute Gasteiger partial charge is 0.469 e. The molecule has 0 heterocycles. The van der Waals surface area contributed by atoms with E-state index < -0.39 is 0 Å². The van der Waals surface area contributed by atoms with Gasteiger partial charge in [-0.3, -0.25) is 9.59 Å². The second-order valence-electron chi connectivity index (χ2n) is 4.54. The molecule has 0 fully saturated rings. The van der Waals surface area contributed by atoms with Crippen LogP contribution in [0.4, 0.5) is 0 Å². The van der Waals surface area contributed by atoms with Crippen LogP contribution in [0, 0.1) is 0 Å². The van der Waals surface area contributed by atoms with Gasteiger partial charge in [-0.15, -0.1) is 0 Å². The molecule has 0 aliphatic rings. The van der Waals surface area contributed by atoms with Gasteiger partial charge in [-0.05, 0) is 30.5 Å². The SMILES string of the molecule is COC(=O)CCCCCNC(=O)c1ccc(CN)cc1. The number of nitrogens with two attached hydrogens (primary N) is 1. The number of rotatable bonds is 8. The lowest BCUT2D eigenvalue weighted by Crippen LogP contribution is -2.24. The number of hydrogen-bond donors (Lipinski definition) is 2. The maximum atomic E-state index is 11.8. The van der Waals surface area contributed by atoms with Crippen LogP contribution in [0.15, 0.2) is 24.3 Å². The van der Waals surface area contributed by atoms with Crippen molar-refractivity contribution in [3.8, 4) is 0 Å². The molecule has 20 heavy (non-hydrogen) atoms. The Morgan fingerprint density at radius 1 is 1.15 bits per heavy atom. The monoisotopic (exact) mass is 278 g/mol. The third-order valence-corrected chi connectivity index (χ3v) is 3.02. The highest BCUT2D eigenvalue weighted by atomic mass is 16.5. The van der Waals surface area contributed by atoms with Crippen molar-refractivity contribution >= 4 is 11.9 Å². The number of nitrogens with one attached hydrogen (secondary N) is 1. The highest BCUT2D eigenvalue weighted by molar-refractivity contribution is 5.94. The van der Waals surface area contributed by atoms with Gasteiger partial charge in [-0.2, -0.15) is 0 Å². The molecule has 0 saturated heterocycles. The molecule has 1 rings (SSSR count). The number of carbonyl (C=O) groups is 2. The molecule has 0 atom stereocenters. The van der Waals surface area contributed by atoms with Crippen LogP contribution in [0.2, 0.25) is 0 Å². The fraction of sp³-hybridized carbons (Fsp3) is 0.467. The summed E-state index contributed by atoms with van der Waals surface area (Å²) in [5, 5.41) is 2.85. The summed E-state index contributed by atoms with van der Waals surface area (Å²) in [4.78, 5) is 22.7. The Bertz CT molecular complexity index is 429. The topological polar surface area (TPSA) is 81.4 Å². The third-order valence-electron chi connectivity index (χ3n) is 3.02. The van der Waals surface area contributed by atoms with Crippen LogP contribution in [0.3, 0.4) is 0 Å². The van der Waals surface area contributed by atoms with Gasteiger partial charge in [-0.25, -0.2) is 0 Å². The number of benzene rings is 1. The number of esters is 1. The molecule has 0 spiro atoms. The summed E-state index contributed by atoms with van der Waals surface area (Å²) < 4.78 is 4.55. The van der Waals surface area contributed by atoms with Gasteiger partial charge in [0.15, 0.2) is 0 Å². The van der Waals surface area contributed by atoms with Gasteiger partial charge >= 0.3 is 5.97 Å². The number of hydrogen-bond acceptors (Lipinski definition) is 4. The van der Waals surface area contributed by atoms with Gasteiger partial charge in [0.1, 0.15) is 0 Å². The molecule has 3 N–H and O–H groups in total. The van der Waals surface area contributed by atoms with E-state index in [2.05, 4.69) is 10.1 Å². The van der Waals surface area contributed by atoms with Gasteiger partial charge in [-0.1, -0.05) is 18.6 Å². The van der Waals surface area contributed by atoms with Crippen LogP contribution in [0.25, 0.3) is 0 Å². The van der Waals surface area contributed by atoms with Crippen molar-refractivity contribution < 1.29 is 14.3 Å². The molecule has 0 aromatic heterocycles. The van der Waals surface area contributed by atoms with Crippen LogP contribution >= 0.6 is 0 Å². The maximum Gasteiger partial charge on any atom is 0.305 e. The lowest BCUT2D eigenvalue weighted by Gasteiger charge is -2.06. The molecule has 110 valence electrons. The van der Waals surface area contributed by atoms with Gasteiger partial charge < -0.3 is 15.8 Å². The quantitative estimate of drug-likeness (QED) is 0.559. The van der Waals surface area contributed by atoms with Crippen LogP contribution in [0.5, 0.6) is 0 Å². The molecule has 0 bridgehead atoms. The fourth-order valence-corrected chi connectivity index (χ4v) is 1.77. The van der Waals surface area contributed by atoms with Crippen molar-refractivity contribution in [2.24, 2.45) is 5.73 Å². The minimum absolute atomic E-state index is 0.0819. The Hall–Kier alpha value is -1.88. The Labute approximate surface area is 119 Å². The van der Waals surface area contributed by atoms with Crippen molar-refractivity contribution in [3.05, 3.63) is 35.4 Å². The van der Waals surface area contributed by atoms with E-state index in [1.54, 1.807) is 12.1 Å². The zero-order valence-corrected chi connectivity index (χ0v) is 11.9. The van der Waals surface area contributed by atoms with E-state index >= 15 is 0 Å². The van der Waals surface area contributed by atoms with Crippen molar-refractivity contribution in [2.75, 3.05) is 13.7 Å². The smallest absolute Gasteiger partial charge is 0.305 e. The first-order valence-electron chi connectivity index (χ1n) is 6.81. The average Bonchev–Trinajstić information content (AvgIpc) is 2.50. The van der Waals surface area contributed by atoms with Crippen molar-refractivity contribution in [1.82, 2.24) is 5.32 Å². The standard InChI is InChI=1S/C15H22N2O3/c1-20-14(18)5-3-2-4-10-17-15(19)13-8-6-12(11-16)7-9-13/h6-9H,2-5,10-11,16H2,1H3,(H,17,19). The first kappa shape index (κ1) is 16.2. The van der Waals surface area contributed by atoms with E-state index in [-0.39, 0.29) is 11.9 Å². The first-order chi connectivity index (χ1) is 9.67. The number of unbranched alkanes of at least 4 members (excludes halogenated alkanes) is 2. The average molecular weight is 278 g/mol. The van der Waals surface area contributed by atoms with Crippen LogP contribution in [0.1, 0.15) is 41.6 Å². The third kappa shape index (κ3) is 5.84. The number of ether oxygens (including phenoxy) is 1. The van der Waals surface area contributed by atoms with Crippen LogP contribution in [-0.4, -0.2) is 25.5 Å². The molecule has 5 nitrogen and oxygen atoms in total. The second-order valence-corrected chi connectivity index (χ2v) is 4.54. The second kappa shape index (κ2) is 9.09. The highest BCUT2D eigenvalue weighted by Gasteiger charge is 2.04. The maximum absolute atomic E-state index is 11.8. The summed E-state index contributed by atoms with van der Waals surface area (Å²) in [6.07, 6.45) is 2.96. The number of methoxy groups -OCH3 is 1. The molecule has 0 saturated carbocycles. The van der Waals surface area contributed by atoms with Crippen LogP contribution < -0.4 is 11.1 Å². The van der Waals surface area contributed by atoms with E-state index in [1.165, 1.54) is 7.11 Å². The summed E-state index contributed by atoms with van der Waals surface area (Å²) in [5.74, 6) is -0.268. The van der Waals surface area contributed by atoms with Crippen molar-refractivity contribution in [2.45, 2.75) is 32.2 Å². The zero-order chi connectivity index (χ0) is 14.8. The normalized spacial score (nSPS) is 10.1. The molecule has 1 aromatic rings. The summed E-state index contributed by atoms with van der Waals surface area (Å²) in [7, 11) is 1.39. The highest BCUT2D eigenvalue weighted by Crippen LogP contribution is 2.04. The van der Waals surface area contributed by atoms with Crippen molar-refractivity contribution in [3.63, 3.8) is 0 Å². The zero-order valence-electron chi connectivity index (χ0n) is 11.9. The van der Waals surface area contributed by atoms with Gasteiger partial charge in [0.25, 0.3) is 5.91 Å². The molecule has 0 aliphatic heterocycles. The van der Waals surface area contributed by atoms with Gasteiger partial charge in [0.2, 0.25) is 0 Å². The van der Waals surface area contributed by atoms with Gasteiger partial charge in [0, 0.05) is 25.1 Å². The van der Waals surface area contributed by atoms with E-state index in [0.29, 0.717) is 25.1 Å². The summed E-state index contributed by atoms with van der Waals surface area (Å²) in [6.45, 7) is 1.08. The Morgan fingerprint density at radius 2 is 1.85 bits per heavy atom. The molecule has 0 unspecified atom stereocenters. The predicted octanol–water partition coefficient (Wildman–Crippen LogP) is 1.61. The van der Waals surface area contributed by atoms with E-state index in [9.17, 15) is 9.59 Å². The Kier molecular flexibility index (Phi) is 7.35. The lowest BCUT2D eigenvalue weighted by molar-refractivity contribution is -0.140. The van der Waals surface area contributed by atoms with E-state index in [4.69, 9.17) is 5.73 Å². The first-order valence-corrected chi connectivity index (χ1v) is 6.81. The lowest BCUT2D eigenvalue weighted by atomic mass is 10.1. The molecular formula is C15H22N2O3. The van der Waals surface area contributed by atoms with E-state index in [0.717, 1.165) is 24.8 Å². The molecule has 5 heteroatoms. The number of amides is 1. The van der Waals surface area contributed by atoms with Crippen LogP contribution in [-0.2, 0) is 16.1 Å². The predicted molar refractivity (Wildman–Crippen MR) is 77.2 cm³/mol. The van der Waals surface area contributed by atoms with Gasteiger partial charge in [0.05, 0.1) is 7.11 Å². The van der Waals surface area contributed by atoms with E-state index in [1.807, 2.05) is 12.1 Å². The number of carbonyl (C=O) groups excluding carboxylic acids is 2. The summed E-state index contributed by atoms with van der Waals surface area (Å²) in [5.41, 5.74) is 7.14. The molecule has 1 aromatic carbocycles. The summed E-state index contributed by atoms with van der Waals surface area (Å²) >= 11 is 0. The molecule has 0 aliphatic carbocycles. The molecule has 0 radical (unpaired) electrons. The van der Waals surface area contributed by atoms with Crippen molar-refractivity contribution in [1.29, 1.82) is 0 Å². The Morgan fingerprint density at radius 3 is 2.45 bits per heavy atom.